The molecule has 3 amide bonds. The van der Waals surface area contributed by atoms with Crippen molar-refractivity contribution >= 4 is 39.3 Å². The molecule has 3 N–H and O–H groups in total. The maximum atomic E-state index is 13.8. The number of para-hydroxylation sites is 1. The zero-order chi connectivity index (χ0) is 23.9. The summed E-state index contributed by atoms with van der Waals surface area (Å²) in [5.41, 5.74) is 1.56. The van der Waals surface area contributed by atoms with Crippen molar-refractivity contribution in [2.24, 2.45) is 11.8 Å². The lowest BCUT2D eigenvalue weighted by molar-refractivity contribution is -0.140. The Balaban J connectivity index is 1.70. The minimum absolute atomic E-state index is 0.0891. The lowest BCUT2D eigenvalue weighted by atomic mass is 9.70. The zero-order valence-electron chi connectivity index (χ0n) is 19.3. The Morgan fingerprint density at radius 2 is 1.91 bits per heavy atom. The number of hydrogen-bond acceptors (Lipinski definition) is 5. The largest absolute Gasteiger partial charge is 0.396 e. The molecule has 0 aliphatic carbocycles. The minimum atomic E-state index is -1.05. The zero-order valence-corrected chi connectivity index (χ0v) is 20.9. The molecule has 2 bridgehead atoms. The molecule has 4 rings (SSSR count). The van der Waals surface area contributed by atoms with Gasteiger partial charge in [0.15, 0.2) is 0 Å². The lowest BCUT2D eigenvalue weighted by Crippen LogP contribution is -2.54. The minimum Gasteiger partial charge on any atom is -0.396 e. The van der Waals surface area contributed by atoms with Gasteiger partial charge in [0.1, 0.15) is 11.6 Å². The Bertz CT molecular complexity index is 936. The maximum absolute atomic E-state index is 13.8. The van der Waals surface area contributed by atoms with Crippen LogP contribution in [0.25, 0.3) is 0 Å². The predicted octanol–water partition coefficient (Wildman–Crippen LogP) is 1.90. The summed E-state index contributed by atoms with van der Waals surface area (Å²) in [6, 6.07) is 4.98. The van der Waals surface area contributed by atoms with Gasteiger partial charge in [-0.1, -0.05) is 34.1 Å². The third-order valence-electron chi connectivity index (χ3n) is 7.37. The lowest BCUT2D eigenvalue weighted by Gasteiger charge is -2.34. The smallest absolute Gasteiger partial charge is 0.250 e. The average Bonchev–Trinajstić information content (AvgIpc) is 3.37. The van der Waals surface area contributed by atoms with Crippen LogP contribution < -0.4 is 10.6 Å². The van der Waals surface area contributed by atoms with Gasteiger partial charge in [-0.3, -0.25) is 14.4 Å². The summed E-state index contributed by atoms with van der Waals surface area (Å²) in [6.45, 7) is 4.34. The molecule has 3 saturated heterocycles. The third kappa shape index (κ3) is 3.88. The van der Waals surface area contributed by atoms with Gasteiger partial charge in [0.25, 0.3) is 0 Å². The van der Waals surface area contributed by atoms with E-state index in [2.05, 4.69) is 26.6 Å². The number of ether oxygens (including phenoxy) is 1. The number of nitrogens with zero attached hydrogens (tertiary/aromatic N) is 1. The molecular weight excluding hydrogens is 490 g/mol. The van der Waals surface area contributed by atoms with Gasteiger partial charge in [0.05, 0.1) is 17.9 Å². The van der Waals surface area contributed by atoms with Crippen LogP contribution in [0.15, 0.2) is 18.2 Å². The van der Waals surface area contributed by atoms with E-state index in [1.807, 2.05) is 32.0 Å². The number of fused-ring (bicyclic) bond motifs is 1. The molecule has 3 fully saturated rings. The number of carbonyl (C=O) groups is 3. The first-order chi connectivity index (χ1) is 15.8. The number of aliphatic hydroxyl groups is 1. The first-order valence-corrected chi connectivity index (χ1v) is 12.5. The fraction of sp³-hybridized carbons (Fsp3) is 0.625. The Hall–Kier alpha value is -1.97. The highest BCUT2D eigenvalue weighted by Crippen LogP contribution is 2.60. The number of aliphatic hydroxyl groups excluding tert-OH is 1. The van der Waals surface area contributed by atoms with Crippen molar-refractivity contribution in [3.63, 3.8) is 0 Å². The highest BCUT2D eigenvalue weighted by molar-refractivity contribution is 9.09. The molecule has 3 aliphatic heterocycles. The van der Waals surface area contributed by atoms with E-state index < -0.39 is 29.6 Å². The second kappa shape index (κ2) is 9.35. The first kappa shape index (κ1) is 24.2. The van der Waals surface area contributed by atoms with Crippen molar-refractivity contribution in [2.75, 3.05) is 25.5 Å². The predicted molar refractivity (Wildman–Crippen MR) is 127 cm³/mol. The van der Waals surface area contributed by atoms with Crippen molar-refractivity contribution in [2.45, 2.75) is 62.1 Å². The van der Waals surface area contributed by atoms with E-state index >= 15 is 0 Å². The summed E-state index contributed by atoms with van der Waals surface area (Å²) in [6.07, 6.45) is 2.07. The van der Waals surface area contributed by atoms with Crippen LogP contribution in [-0.4, -0.2) is 70.5 Å². The summed E-state index contributed by atoms with van der Waals surface area (Å²) >= 11 is 3.65. The molecule has 3 heterocycles. The van der Waals surface area contributed by atoms with Gasteiger partial charge >= 0.3 is 0 Å². The molecule has 180 valence electrons. The monoisotopic (exact) mass is 521 g/mol. The number of alkyl halides is 1. The first-order valence-electron chi connectivity index (χ1n) is 11.6. The van der Waals surface area contributed by atoms with Gasteiger partial charge in [-0.25, -0.2) is 0 Å². The molecule has 3 unspecified atom stereocenters. The normalized spacial score (nSPS) is 32.2. The van der Waals surface area contributed by atoms with Gasteiger partial charge in [-0.2, -0.15) is 0 Å². The Morgan fingerprint density at radius 1 is 1.21 bits per heavy atom. The van der Waals surface area contributed by atoms with Crippen molar-refractivity contribution < 1.29 is 24.2 Å². The molecule has 1 spiro atoms. The number of aryl methyl sites for hydroxylation is 2. The molecule has 1 aromatic carbocycles. The van der Waals surface area contributed by atoms with Gasteiger partial charge < -0.3 is 25.4 Å². The number of unbranched alkanes of at least 4 members (excludes halogenated alkanes) is 2. The number of hydrogen-bond donors (Lipinski definition) is 3. The summed E-state index contributed by atoms with van der Waals surface area (Å²) < 4.78 is 6.42. The standard InChI is InChI=1S/C24H32BrN3O5/c1-13-8-7-9-14(2)18(13)27-22(31)20-24-12-15(25)19(33-24)16(21(30)26-3)17(24)23(32)28(20)10-5-4-6-11-29/h7-9,15-17,19-20,29H,4-6,10-12H2,1-3H3,(H,26,30)(H,27,31)/t15?,16-,17+,19-,20?,24?/m1/s1. The van der Waals surface area contributed by atoms with E-state index in [4.69, 9.17) is 9.84 Å². The van der Waals surface area contributed by atoms with Gasteiger partial charge in [0, 0.05) is 30.7 Å². The molecule has 33 heavy (non-hydrogen) atoms. The van der Waals surface area contributed by atoms with E-state index in [-0.39, 0.29) is 29.2 Å². The highest BCUT2D eigenvalue weighted by atomic mass is 79.9. The van der Waals surface area contributed by atoms with Crippen LogP contribution in [0, 0.1) is 25.7 Å². The van der Waals surface area contributed by atoms with Crippen LogP contribution in [0.1, 0.15) is 36.8 Å². The maximum Gasteiger partial charge on any atom is 0.250 e. The topological polar surface area (TPSA) is 108 Å². The van der Waals surface area contributed by atoms with Crippen LogP contribution in [0.2, 0.25) is 0 Å². The number of rotatable bonds is 8. The number of amides is 3. The number of halogens is 1. The molecular formula is C24H32BrN3O5. The second-order valence-corrected chi connectivity index (χ2v) is 10.5. The van der Waals surface area contributed by atoms with Crippen LogP contribution in [-0.2, 0) is 19.1 Å². The van der Waals surface area contributed by atoms with E-state index in [1.165, 1.54) is 0 Å². The van der Waals surface area contributed by atoms with Gasteiger partial charge in [-0.15, -0.1) is 0 Å². The van der Waals surface area contributed by atoms with Gasteiger partial charge in [-0.05, 0) is 50.7 Å². The third-order valence-corrected chi connectivity index (χ3v) is 8.22. The second-order valence-electron chi connectivity index (χ2n) is 9.35. The Labute approximate surface area is 202 Å². The van der Waals surface area contributed by atoms with Crippen LogP contribution in [0.4, 0.5) is 5.69 Å². The average molecular weight is 522 g/mol. The van der Waals surface area contributed by atoms with Crippen molar-refractivity contribution in [3.05, 3.63) is 29.3 Å². The number of benzene rings is 1. The number of likely N-dealkylation sites (tertiary alicyclic amines) is 1. The molecule has 1 aromatic rings. The van der Waals surface area contributed by atoms with E-state index in [1.54, 1.807) is 11.9 Å². The van der Waals surface area contributed by atoms with Crippen molar-refractivity contribution in [3.8, 4) is 0 Å². The highest BCUT2D eigenvalue weighted by Gasteiger charge is 2.76. The van der Waals surface area contributed by atoms with Crippen molar-refractivity contribution in [1.82, 2.24) is 10.2 Å². The van der Waals surface area contributed by atoms with E-state index in [0.717, 1.165) is 23.2 Å². The van der Waals surface area contributed by atoms with Crippen LogP contribution in [0.3, 0.4) is 0 Å². The Morgan fingerprint density at radius 3 is 2.55 bits per heavy atom. The fourth-order valence-corrected chi connectivity index (χ4v) is 6.85. The molecule has 9 heteroatoms. The number of carbonyl (C=O) groups excluding carboxylic acids is 3. The summed E-state index contributed by atoms with van der Waals surface area (Å²) in [5.74, 6) is -2.05. The molecule has 3 aliphatic rings. The molecule has 6 atom stereocenters. The van der Waals surface area contributed by atoms with E-state index in [9.17, 15) is 14.4 Å². The fourth-order valence-electron chi connectivity index (χ4n) is 5.91. The number of nitrogens with one attached hydrogen (secondary N) is 2. The van der Waals surface area contributed by atoms with Crippen molar-refractivity contribution in [1.29, 1.82) is 0 Å². The van der Waals surface area contributed by atoms with Crippen LogP contribution >= 0.6 is 15.9 Å². The van der Waals surface area contributed by atoms with Gasteiger partial charge in [0.2, 0.25) is 17.7 Å². The molecule has 8 nitrogen and oxygen atoms in total. The summed E-state index contributed by atoms with van der Waals surface area (Å²) in [7, 11) is 1.56. The number of anilines is 1. The van der Waals surface area contributed by atoms with E-state index in [0.29, 0.717) is 25.8 Å². The molecule has 0 aromatic heterocycles. The SMILES string of the molecule is CNC(=O)[C@H]1[C@@H]2OC3(CC2Br)C(C(=O)Nc2c(C)cccc2C)N(CCCCCO)C(=O)[C@H]13. The summed E-state index contributed by atoms with van der Waals surface area (Å²) in [5, 5.41) is 14.9. The quantitative estimate of drug-likeness (QED) is 0.357. The Kier molecular flexibility index (Phi) is 6.85. The molecule has 0 radical (unpaired) electrons. The molecule has 0 saturated carbocycles. The summed E-state index contributed by atoms with van der Waals surface area (Å²) in [4.78, 5) is 41.8. The van der Waals surface area contributed by atoms with Crippen LogP contribution in [0.5, 0.6) is 0 Å².